The van der Waals surface area contributed by atoms with Gasteiger partial charge in [0, 0.05) is 32.5 Å². The summed E-state index contributed by atoms with van der Waals surface area (Å²) in [5, 5.41) is 1.89. The second-order valence-electron chi connectivity index (χ2n) is 5.70. The first kappa shape index (κ1) is 17.2. The van der Waals surface area contributed by atoms with Crippen LogP contribution in [0.1, 0.15) is 55.1 Å². The van der Waals surface area contributed by atoms with Gasteiger partial charge in [-0.2, -0.15) is 0 Å². The lowest BCUT2D eigenvalue weighted by Gasteiger charge is -2.20. The second kappa shape index (κ2) is 9.06. The molecule has 1 saturated heterocycles. The molecule has 0 aromatic carbocycles. The summed E-state index contributed by atoms with van der Waals surface area (Å²) in [6.45, 7) is 4.45. The summed E-state index contributed by atoms with van der Waals surface area (Å²) in [7, 11) is 0. The summed E-state index contributed by atoms with van der Waals surface area (Å²) in [6, 6.07) is 3.68. The molecule has 2 rings (SSSR count). The number of carbonyl (C=O) groups is 2. The highest BCUT2D eigenvalue weighted by Crippen LogP contribution is 2.17. The minimum Gasteiger partial charge on any atom is -0.378 e. The van der Waals surface area contributed by atoms with Crippen molar-refractivity contribution in [3.63, 3.8) is 0 Å². The molecule has 22 heavy (non-hydrogen) atoms. The quantitative estimate of drug-likeness (QED) is 0.721. The first-order valence-corrected chi connectivity index (χ1v) is 9.04. The van der Waals surface area contributed by atoms with Crippen molar-refractivity contribution in [3.8, 4) is 0 Å². The van der Waals surface area contributed by atoms with Crippen molar-refractivity contribution >= 4 is 23.0 Å². The van der Waals surface area contributed by atoms with Gasteiger partial charge in [-0.1, -0.05) is 13.0 Å². The number of amides is 1. The van der Waals surface area contributed by atoms with E-state index in [2.05, 4.69) is 6.92 Å². The van der Waals surface area contributed by atoms with Gasteiger partial charge in [-0.15, -0.1) is 11.3 Å². The highest BCUT2D eigenvalue weighted by atomic mass is 32.1. The van der Waals surface area contributed by atoms with Crippen LogP contribution < -0.4 is 0 Å². The van der Waals surface area contributed by atoms with Crippen molar-refractivity contribution in [3.05, 3.63) is 22.4 Å². The molecule has 1 aliphatic heterocycles. The van der Waals surface area contributed by atoms with Crippen molar-refractivity contribution in [2.24, 2.45) is 0 Å². The second-order valence-corrected chi connectivity index (χ2v) is 6.65. The average molecular weight is 323 g/mol. The number of rotatable bonds is 7. The molecule has 1 aliphatic rings. The monoisotopic (exact) mass is 323 g/mol. The van der Waals surface area contributed by atoms with Crippen LogP contribution in [-0.2, 0) is 9.53 Å². The molecular weight excluding hydrogens is 298 g/mol. The fraction of sp³-hybridized carbons (Fsp3) is 0.647. The van der Waals surface area contributed by atoms with Crippen molar-refractivity contribution in [1.82, 2.24) is 4.90 Å². The zero-order chi connectivity index (χ0) is 15.8. The van der Waals surface area contributed by atoms with E-state index in [9.17, 15) is 9.59 Å². The van der Waals surface area contributed by atoms with Crippen LogP contribution in [-0.4, -0.2) is 42.4 Å². The third kappa shape index (κ3) is 5.21. The van der Waals surface area contributed by atoms with Crippen LogP contribution in [0.25, 0.3) is 0 Å². The highest BCUT2D eigenvalue weighted by molar-refractivity contribution is 7.12. The maximum absolute atomic E-state index is 12.3. The molecule has 0 radical (unpaired) electrons. The Morgan fingerprint density at radius 3 is 2.91 bits per heavy atom. The lowest BCUT2D eigenvalue weighted by Crippen LogP contribution is -2.32. The molecule has 5 heteroatoms. The number of hydrogen-bond acceptors (Lipinski definition) is 4. The maximum atomic E-state index is 12.3. The molecule has 4 nitrogen and oxygen atoms in total. The van der Waals surface area contributed by atoms with Gasteiger partial charge in [0.2, 0.25) is 5.91 Å². The van der Waals surface area contributed by atoms with E-state index in [-0.39, 0.29) is 17.8 Å². The zero-order valence-electron chi connectivity index (χ0n) is 13.3. The van der Waals surface area contributed by atoms with Crippen LogP contribution in [0.5, 0.6) is 0 Å². The van der Waals surface area contributed by atoms with Gasteiger partial charge in [0.15, 0.2) is 5.78 Å². The van der Waals surface area contributed by atoms with E-state index in [1.54, 1.807) is 0 Å². The minimum atomic E-state index is 0.0716. The lowest BCUT2D eigenvalue weighted by atomic mass is 10.1. The molecule has 0 aliphatic carbocycles. The summed E-state index contributed by atoms with van der Waals surface area (Å²) < 4.78 is 5.80. The molecule has 1 atom stereocenters. The number of nitrogens with zero attached hydrogens (tertiary/aromatic N) is 1. The van der Waals surface area contributed by atoms with E-state index >= 15 is 0 Å². The topological polar surface area (TPSA) is 46.6 Å². The number of ketones is 1. The van der Waals surface area contributed by atoms with E-state index < -0.39 is 0 Å². The van der Waals surface area contributed by atoms with Crippen LogP contribution in [0.4, 0.5) is 0 Å². The number of thiophene rings is 1. The van der Waals surface area contributed by atoms with Gasteiger partial charge >= 0.3 is 0 Å². The molecule has 0 bridgehead atoms. The standard InChI is InChI=1S/C17H25NO3S/c1-2-12-21-14-5-3-10-18(11-9-14)17(20)8-7-15(19)16-6-4-13-22-16/h4,6,13-14H,2-3,5,7-12H2,1H3. The van der Waals surface area contributed by atoms with E-state index in [1.807, 2.05) is 22.4 Å². The molecule has 0 spiro atoms. The number of hydrogen-bond donors (Lipinski definition) is 0. The lowest BCUT2D eigenvalue weighted by molar-refractivity contribution is -0.131. The Labute approximate surface area is 136 Å². The first-order chi connectivity index (χ1) is 10.7. The Kier molecular flexibility index (Phi) is 7.06. The summed E-state index contributed by atoms with van der Waals surface area (Å²) in [5.41, 5.74) is 0. The van der Waals surface area contributed by atoms with Gasteiger partial charge in [0.1, 0.15) is 0 Å². The highest BCUT2D eigenvalue weighted by Gasteiger charge is 2.21. The maximum Gasteiger partial charge on any atom is 0.223 e. The Morgan fingerprint density at radius 2 is 2.18 bits per heavy atom. The molecule has 1 amide bonds. The van der Waals surface area contributed by atoms with E-state index in [0.29, 0.717) is 12.8 Å². The van der Waals surface area contributed by atoms with Crippen LogP contribution >= 0.6 is 11.3 Å². The molecule has 1 fully saturated rings. The molecule has 1 aromatic rings. The zero-order valence-corrected chi connectivity index (χ0v) is 14.1. The number of carbonyl (C=O) groups excluding carboxylic acids is 2. The molecule has 1 unspecified atom stereocenters. The molecule has 1 aromatic heterocycles. The molecule has 122 valence electrons. The third-order valence-electron chi connectivity index (χ3n) is 3.95. The van der Waals surface area contributed by atoms with Crippen LogP contribution in [0.15, 0.2) is 17.5 Å². The summed E-state index contributed by atoms with van der Waals surface area (Å²) >= 11 is 1.44. The van der Waals surface area contributed by atoms with Gasteiger partial charge in [0.25, 0.3) is 0 Å². The van der Waals surface area contributed by atoms with E-state index in [4.69, 9.17) is 4.74 Å². The van der Waals surface area contributed by atoms with Gasteiger partial charge in [-0.3, -0.25) is 9.59 Å². The Balaban J connectivity index is 1.74. The largest absolute Gasteiger partial charge is 0.378 e. The van der Waals surface area contributed by atoms with Crippen LogP contribution in [0.2, 0.25) is 0 Å². The number of likely N-dealkylation sites (tertiary alicyclic amines) is 1. The summed E-state index contributed by atoms with van der Waals surface area (Å²) in [4.78, 5) is 26.9. The predicted octanol–water partition coefficient (Wildman–Crippen LogP) is 3.52. The third-order valence-corrected chi connectivity index (χ3v) is 4.86. The molecule has 0 saturated carbocycles. The van der Waals surface area contributed by atoms with Gasteiger partial charge in [-0.25, -0.2) is 0 Å². The van der Waals surface area contributed by atoms with Crippen molar-refractivity contribution in [2.45, 2.75) is 51.6 Å². The average Bonchev–Trinajstić information content (AvgIpc) is 2.96. The SMILES string of the molecule is CCCOC1CCCN(C(=O)CCC(=O)c2cccs2)CC1. The van der Waals surface area contributed by atoms with Crippen molar-refractivity contribution in [2.75, 3.05) is 19.7 Å². The summed E-state index contributed by atoms with van der Waals surface area (Å²) in [6.07, 6.45) is 4.86. The fourth-order valence-electron chi connectivity index (χ4n) is 2.71. The van der Waals surface area contributed by atoms with Gasteiger partial charge in [-0.05, 0) is 37.1 Å². The molecular formula is C17H25NO3S. The first-order valence-electron chi connectivity index (χ1n) is 8.16. The van der Waals surface area contributed by atoms with Crippen molar-refractivity contribution in [1.29, 1.82) is 0 Å². The van der Waals surface area contributed by atoms with Gasteiger partial charge < -0.3 is 9.64 Å². The summed E-state index contributed by atoms with van der Waals surface area (Å²) in [5.74, 6) is 0.170. The minimum absolute atomic E-state index is 0.0716. The Bertz CT molecular complexity index is 472. The molecule has 2 heterocycles. The predicted molar refractivity (Wildman–Crippen MR) is 88.3 cm³/mol. The van der Waals surface area contributed by atoms with Crippen LogP contribution in [0.3, 0.4) is 0 Å². The normalized spacial score (nSPS) is 19.0. The van der Waals surface area contributed by atoms with Crippen molar-refractivity contribution < 1.29 is 14.3 Å². The van der Waals surface area contributed by atoms with Gasteiger partial charge in [0.05, 0.1) is 11.0 Å². The Hall–Kier alpha value is -1.20. The van der Waals surface area contributed by atoms with E-state index in [1.165, 1.54) is 11.3 Å². The number of Topliss-reactive ketones (excluding diaryl/α,β-unsaturated/α-hetero) is 1. The van der Waals surface area contributed by atoms with Crippen LogP contribution in [0, 0.1) is 0 Å². The smallest absolute Gasteiger partial charge is 0.223 e. The fourth-order valence-corrected chi connectivity index (χ4v) is 3.40. The number of ether oxygens (including phenoxy) is 1. The molecule has 0 N–H and O–H groups in total. The Morgan fingerprint density at radius 1 is 1.32 bits per heavy atom. The van der Waals surface area contributed by atoms with E-state index in [0.717, 1.165) is 50.3 Å².